The number of nitrogens with zero attached hydrogens (tertiary/aromatic N) is 2. The topological polar surface area (TPSA) is 68.3 Å². The third kappa shape index (κ3) is 6.72. The smallest absolute Gasteiger partial charge is 0.462 e. The van der Waals surface area contributed by atoms with E-state index in [9.17, 15) is 22.8 Å². The summed E-state index contributed by atoms with van der Waals surface area (Å²) in [6, 6.07) is 3.79. The molecule has 0 radical (unpaired) electrons. The monoisotopic (exact) mass is 418 g/mol. The van der Waals surface area contributed by atoms with Crippen molar-refractivity contribution < 1.29 is 37.0 Å². The first-order valence-corrected chi connectivity index (χ1v) is 9.19. The predicted octanol–water partition coefficient (Wildman–Crippen LogP) is 3.82. The minimum Gasteiger partial charge on any atom is -0.462 e. The summed E-state index contributed by atoms with van der Waals surface area (Å²) < 4.78 is 52.9. The number of carbonyl (C=O) groups is 2. The van der Waals surface area contributed by atoms with E-state index < -0.39 is 29.8 Å². The van der Waals surface area contributed by atoms with Gasteiger partial charge >= 0.3 is 18.4 Å². The maximum absolute atomic E-state index is 12.9. The molecule has 1 aromatic rings. The number of halogens is 3. The van der Waals surface area contributed by atoms with E-state index in [1.807, 2.05) is 0 Å². The summed E-state index contributed by atoms with van der Waals surface area (Å²) in [5.74, 6) is -1.23. The zero-order valence-electron chi connectivity index (χ0n) is 16.8. The van der Waals surface area contributed by atoms with E-state index in [2.05, 4.69) is 4.74 Å². The van der Waals surface area contributed by atoms with Crippen molar-refractivity contribution in [2.45, 2.75) is 39.7 Å². The van der Waals surface area contributed by atoms with Crippen LogP contribution in [0.1, 0.15) is 38.1 Å². The number of amides is 1. The van der Waals surface area contributed by atoms with Crippen molar-refractivity contribution in [2.24, 2.45) is 0 Å². The minimum absolute atomic E-state index is 0.0396. The van der Waals surface area contributed by atoms with Crippen molar-refractivity contribution in [3.8, 4) is 5.75 Å². The van der Waals surface area contributed by atoms with Gasteiger partial charge < -0.3 is 24.0 Å². The Morgan fingerprint density at radius 1 is 1.07 bits per heavy atom. The average molecular weight is 418 g/mol. The molecule has 2 rings (SSSR count). The summed E-state index contributed by atoms with van der Waals surface area (Å²) in [5, 5.41) is 0. The minimum atomic E-state index is -4.92. The molecule has 0 spiro atoms. The van der Waals surface area contributed by atoms with Crippen LogP contribution in [0.25, 0.3) is 0 Å². The predicted molar refractivity (Wildman–Crippen MR) is 99.1 cm³/mol. The van der Waals surface area contributed by atoms with Crippen LogP contribution in [0.2, 0.25) is 0 Å². The summed E-state index contributed by atoms with van der Waals surface area (Å²) in [7, 11) is 0. The van der Waals surface area contributed by atoms with Gasteiger partial charge in [-0.2, -0.15) is 0 Å². The number of carbonyl (C=O) groups excluding carboxylic acids is 2. The van der Waals surface area contributed by atoms with E-state index in [-0.39, 0.29) is 44.0 Å². The molecule has 0 N–H and O–H groups in total. The van der Waals surface area contributed by atoms with Crippen molar-refractivity contribution in [3.63, 3.8) is 0 Å². The van der Waals surface area contributed by atoms with Crippen LogP contribution in [0, 0.1) is 0 Å². The van der Waals surface area contributed by atoms with E-state index in [1.165, 1.54) is 17.0 Å². The first-order valence-electron chi connectivity index (χ1n) is 9.19. The molecule has 0 atom stereocenters. The third-order valence-corrected chi connectivity index (χ3v) is 3.97. The molecule has 1 heterocycles. The summed E-state index contributed by atoms with van der Waals surface area (Å²) in [5.41, 5.74) is -0.494. The van der Waals surface area contributed by atoms with Crippen LogP contribution in [-0.4, -0.2) is 61.7 Å². The number of anilines is 1. The van der Waals surface area contributed by atoms with Crippen LogP contribution in [0.5, 0.6) is 5.75 Å². The number of rotatable bonds is 4. The Morgan fingerprint density at radius 3 is 2.21 bits per heavy atom. The number of benzene rings is 1. The second-order valence-electron chi connectivity index (χ2n) is 7.41. The van der Waals surface area contributed by atoms with Gasteiger partial charge in [-0.05, 0) is 45.9 Å². The fraction of sp³-hybridized carbons (Fsp3) is 0.579. The molecule has 1 saturated heterocycles. The summed E-state index contributed by atoms with van der Waals surface area (Å²) in [6.45, 7) is 8.09. The normalized spacial score (nSPS) is 15.1. The lowest BCUT2D eigenvalue weighted by Gasteiger charge is -2.37. The highest BCUT2D eigenvalue weighted by molar-refractivity contribution is 5.91. The Morgan fingerprint density at radius 2 is 1.69 bits per heavy atom. The highest BCUT2D eigenvalue weighted by Gasteiger charge is 2.34. The van der Waals surface area contributed by atoms with E-state index in [1.54, 1.807) is 32.6 Å². The Labute approximate surface area is 167 Å². The molecule has 1 aliphatic rings. The number of hydrogen-bond donors (Lipinski definition) is 0. The summed E-state index contributed by atoms with van der Waals surface area (Å²) in [6.07, 6.45) is -5.39. The molecule has 0 unspecified atom stereocenters. The van der Waals surface area contributed by atoms with Gasteiger partial charge in [0, 0.05) is 26.2 Å². The van der Waals surface area contributed by atoms with Crippen molar-refractivity contribution in [1.82, 2.24) is 4.90 Å². The lowest BCUT2D eigenvalue weighted by molar-refractivity contribution is -0.274. The quantitative estimate of drug-likeness (QED) is 0.693. The SMILES string of the molecule is CCOC(=O)c1ccc(N2CCN(C(=O)OC(C)(C)C)CC2)c(OC(F)(F)F)c1. The standard InChI is InChI=1S/C19H25F3N2O5/c1-5-27-16(25)13-6-7-14(15(12-13)28-19(20,21)22)23-8-10-24(11-9-23)17(26)29-18(2,3)4/h6-7,12H,5,8-11H2,1-4H3. The summed E-state index contributed by atoms with van der Waals surface area (Å²) >= 11 is 0. The molecular formula is C19H25F3N2O5. The lowest BCUT2D eigenvalue weighted by Crippen LogP contribution is -2.50. The van der Waals surface area contributed by atoms with E-state index in [0.717, 1.165) is 6.07 Å². The lowest BCUT2D eigenvalue weighted by atomic mass is 10.1. The number of piperazine rings is 1. The summed E-state index contributed by atoms with van der Waals surface area (Å²) in [4.78, 5) is 27.2. The van der Waals surface area contributed by atoms with Crippen LogP contribution < -0.4 is 9.64 Å². The number of esters is 1. The molecule has 162 valence electrons. The first-order chi connectivity index (χ1) is 13.4. The van der Waals surface area contributed by atoms with Crippen LogP contribution in [0.4, 0.5) is 23.7 Å². The molecular weight excluding hydrogens is 393 g/mol. The average Bonchev–Trinajstić information content (AvgIpc) is 2.59. The van der Waals surface area contributed by atoms with Gasteiger partial charge in [0.2, 0.25) is 0 Å². The van der Waals surface area contributed by atoms with Gasteiger partial charge in [0.25, 0.3) is 0 Å². The third-order valence-electron chi connectivity index (χ3n) is 3.97. The van der Waals surface area contributed by atoms with Crippen LogP contribution >= 0.6 is 0 Å². The van der Waals surface area contributed by atoms with Gasteiger partial charge in [0.05, 0.1) is 17.9 Å². The number of hydrogen-bond acceptors (Lipinski definition) is 6. The van der Waals surface area contributed by atoms with Gasteiger partial charge in [0.15, 0.2) is 5.75 Å². The molecule has 0 saturated carbocycles. The zero-order valence-corrected chi connectivity index (χ0v) is 16.8. The second kappa shape index (κ2) is 8.79. The largest absolute Gasteiger partial charge is 0.573 e. The van der Waals surface area contributed by atoms with Crippen LogP contribution in [0.15, 0.2) is 18.2 Å². The number of alkyl halides is 3. The molecule has 0 aromatic heterocycles. The maximum Gasteiger partial charge on any atom is 0.573 e. The van der Waals surface area contributed by atoms with Gasteiger partial charge in [0.1, 0.15) is 5.60 Å². The zero-order chi connectivity index (χ0) is 21.8. The first kappa shape index (κ1) is 22.6. The molecule has 10 heteroatoms. The van der Waals surface area contributed by atoms with Crippen molar-refractivity contribution >= 4 is 17.7 Å². The van der Waals surface area contributed by atoms with Crippen LogP contribution in [0.3, 0.4) is 0 Å². The molecule has 1 aromatic carbocycles. The van der Waals surface area contributed by atoms with Crippen molar-refractivity contribution in [1.29, 1.82) is 0 Å². The van der Waals surface area contributed by atoms with Gasteiger partial charge in [-0.15, -0.1) is 13.2 Å². The molecule has 29 heavy (non-hydrogen) atoms. The van der Waals surface area contributed by atoms with Crippen molar-refractivity contribution in [2.75, 3.05) is 37.7 Å². The van der Waals surface area contributed by atoms with Gasteiger partial charge in [-0.1, -0.05) is 0 Å². The highest BCUT2D eigenvalue weighted by Crippen LogP contribution is 2.35. The Hall–Kier alpha value is -2.65. The molecule has 1 amide bonds. The van der Waals surface area contributed by atoms with Gasteiger partial charge in [-0.25, -0.2) is 9.59 Å². The maximum atomic E-state index is 12.9. The van der Waals surface area contributed by atoms with Crippen molar-refractivity contribution in [3.05, 3.63) is 23.8 Å². The molecule has 1 aliphatic heterocycles. The molecule has 7 nitrogen and oxygen atoms in total. The Bertz CT molecular complexity index is 738. The Balaban J connectivity index is 2.17. The number of ether oxygens (including phenoxy) is 3. The highest BCUT2D eigenvalue weighted by atomic mass is 19.4. The van der Waals surface area contributed by atoms with Crippen LogP contribution in [-0.2, 0) is 9.47 Å². The fourth-order valence-electron chi connectivity index (χ4n) is 2.78. The van der Waals surface area contributed by atoms with E-state index in [4.69, 9.17) is 9.47 Å². The van der Waals surface area contributed by atoms with E-state index in [0.29, 0.717) is 0 Å². The Kier molecular flexibility index (Phi) is 6.86. The molecule has 1 fully saturated rings. The van der Waals surface area contributed by atoms with E-state index >= 15 is 0 Å². The van der Waals surface area contributed by atoms with Gasteiger partial charge in [-0.3, -0.25) is 0 Å². The molecule has 0 aliphatic carbocycles. The second-order valence-corrected chi connectivity index (χ2v) is 7.41. The molecule has 0 bridgehead atoms. The fourth-order valence-corrected chi connectivity index (χ4v) is 2.78.